The van der Waals surface area contributed by atoms with Crippen molar-refractivity contribution in [2.24, 2.45) is 0 Å². The molecule has 2 aromatic carbocycles. The lowest BCUT2D eigenvalue weighted by atomic mass is 10.1. The normalized spacial score (nSPS) is 10.3. The van der Waals surface area contributed by atoms with Crippen LogP contribution in [-0.2, 0) is 6.42 Å². The summed E-state index contributed by atoms with van der Waals surface area (Å²) in [6.45, 7) is 2.13. The summed E-state index contributed by atoms with van der Waals surface area (Å²) in [5.74, 6) is 1.08. The minimum atomic E-state index is 0.453. The Hall–Kier alpha value is -2.47. The van der Waals surface area contributed by atoms with E-state index in [9.17, 15) is 0 Å². The lowest BCUT2D eigenvalue weighted by Gasteiger charge is -2.08. The fourth-order valence-corrected chi connectivity index (χ4v) is 2.48. The molecule has 3 rings (SSSR count). The van der Waals surface area contributed by atoms with Gasteiger partial charge in [0, 0.05) is 15.8 Å². The molecule has 0 atom stereocenters. The molecule has 3 aromatic rings. The Bertz CT molecular complexity index is 789. The number of nitrogens with zero attached hydrogens (tertiary/aromatic N) is 3. The SMILES string of the molecule is CCc1ccc(Nc2nncc(Nc3cccc(Br)c3)n2)cc1. The summed E-state index contributed by atoms with van der Waals surface area (Å²) < 4.78 is 0.999. The number of hydrogen-bond donors (Lipinski definition) is 2. The molecule has 0 amide bonds. The standard InChI is InChI=1S/C17H16BrN5/c1-2-12-6-8-14(9-7-12)21-17-22-16(11-19-23-17)20-15-5-3-4-13(18)10-15/h3-11H,2H2,1H3,(H2,20,21,22,23). The highest BCUT2D eigenvalue weighted by Gasteiger charge is 2.02. The lowest BCUT2D eigenvalue weighted by molar-refractivity contribution is 0.982. The number of nitrogens with one attached hydrogen (secondary N) is 2. The molecule has 0 unspecified atom stereocenters. The largest absolute Gasteiger partial charge is 0.339 e. The van der Waals surface area contributed by atoms with Crippen LogP contribution in [0, 0.1) is 0 Å². The molecule has 0 aliphatic rings. The number of halogens is 1. The van der Waals surface area contributed by atoms with Gasteiger partial charge in [-0.25, -0.2) is 0 Å². The third-order valence-electron chi connectivity index (χ3n) is 3.27. The first-order chi connectivity index (χ1) is 11.2. The van der Waals surface area contributed by atoms with Gasteiger partial charge in [-0.3, -0.25) is 0 Å². The maximum Gasteiger partial charge on any atom is 0.249 e. The number of aryl methyl sites for hydroxylation is 1. The zero-order valence-electron chi connectivity index (χ0n) is 12.6. The molecule has 1 aromatic heterocycles. The Morgan fingerprint density at radius 3 is 2.57 bits per heavy atom. The van der Waals surface area contributed by atoms with E-state index in [1.54, 1.807) is 6.20 Å². The zero-order valence-corrected chi connectivity index (χ0v) is 14.2. The van der Waals surface area contributed by atoms with E-state index in [0.717, 1.165) is 22.3 Å². The predicted molar refractivity (Wildman–Crippen MR) is 96.4 cm³/mol. The smallest absolute Gasteiger partial charge is 0.249 e. The van der Waals surface area contributed by atoms with Crippen LogP contribution in [0.5, 0.6) is 0 Å². The van der Waals surface area contributed by atoms with E-state index in [-0.39, 0.29) is 0 Å². The maximum absolute atomic E-state index is 4.42. The molecule has 6 heteroatoms. The second-order valence-corrected chi connectivity index (χ2v) is 5.89. The Kier molecular flexibility index (Phi) is 4.83. The van der Waals surface area contributed by atoms with Crippen molar-refractivity contribution in [3.05, 3.63) is 64.8 Å². The number of aromatic nitrogens is 3. The third-order valence-corrected chi connectivity index (χ3v) is 3.77. The molecule has 116 valence electrons. The summed E-state index contributed by atoms with van der Waals surface area (Å²) in [4.78, 5) is 4.42. The van der Waals surface area contributed by atoms with E-state index >= 15 is 0 Å². The van der Waals surface area contributed by atoms with E-state index < -0.39 is 0 Å². The molecule has 0 spiro atoms. The summed E-state index contributed by atoms with van der Waals surface area (Å²) >= 11 is 3.45. The molecular formula is C17H16BrN5. The molecule has 0 bridgehead atoms. The first kappa shape index (κ1) is 15.4. The Morgan fingerprint density at radius 2 is 1.83 bits per heavy atom. The maximum atomic E-state index is 4.42. The third kappa shape index (κ3) is 4.26. The van der Waals surface area contributed by atoms with Crippen LogP contribution in [0.4, 0.5) is 23.1 Å². The van der Waals surface area contributed by atoms with Crippen molar-refractivity contribution < 1.29 is 0 Å². The zero-order chi connectivity index (χ0) is 16.1. The second kappa shape index (κ2) is 7.19. The minimum Gasteiger partial charge on any atom is -0.339 e. The van der Waals surface area contributed by atoms with E-state index in [0.29, 0.717) is 11.8 Å². The van der Waals surface area contributed by atoms with Crippen LogP contribution < -0.4 is 10.6 Å². The van der Waals surface area contributed by atoms with Gasteiger partial charge < -0.3 is 10.6 Å². The monoisotopic (exact) mass is 369 g/mol. The van der Waals surface area contributed by atoms with Crippen molar-refractivity contribution in [2.45, 2.75) is 13.3 Å². The molecule has 2 N–H and O–H groups in total. The van der Waals surface area contributed by atoms with Gasteiger partial charge in [0.15, 0.2) is 5.82 Å². The Morgan fingerprint density at radius 1 is 1.00 bits per heavy atom. The van der Waals surface area contributed by atoms with Crippen LogP contribution in [0.3, 0.4) is 0 Å². The van der Waals surface area contributed by atoms with Gasteiger partial charge in [-0.05, 0) is 42.3 Å². The first-order valence-electron chi connectivity index (χ1n) is 7.31. The van der Waals surface area contributed by atoms with Crippen LogP contribution in [0.2, 0.25) is 0 Å². The fraction of sp³-hybridized carbons (Fsp3) is 0.118. The molecule has 0 saturated heterocycles. The average Bonchev–Trinajstić information content (AvgIpc) is 2.56. The van der Waals surface area contributed by atoms with Crippen LogP contribution in [0.15, 0.2) is 59.2 Å². The number of benzene rings is 2. The molecule has 1 heterocycles. The number of anilines is 4. The minimum absolute atomic E-state index is 0.453. The van der Waals surface area contributed by atoms with Crippen molar-refractivity contribution in [1.82, 2.24) is 15.2 Å². The summed E-state index contributed by atoms with van der Waals surface area (Å²) in [5.41, 5.74) is 3.15. The van der Waals surface area contributed by atoms with Crippen molar-refractivity contribution in [2.75, 3.05) is 10.6 Å². The van der Waals surface area contributed by atoms with Crippen molar-refractivity contribution >= 4 is 39.1 Å². The van der Waals surface area contributed by atoms with Gasteiger partial charge in [-0.15, -0.1) is 5.10 Å². The van der Waals surface area contributed by atoms with Gasteiger partial charge in [-0.1, -0.05) is 41.1 Å². The van der Waals surface area contributed by atoms with Gasteiger partial charge in [-0.2, -0.15) is 10.1 Å². The number of rotatable bonds is 5. The van der Waals surface area contributed by atoms with E-state index in [2.05, 4.69) is 60.8 Å². The molecule has 5 nitrogen and oxygen atoms in total. The van der Waals surface area contributed by atoms with Crippen LogP contribution in [0.1, 0.15) is 12.5 Å². The van der Waals surface area contributed by atoms with E-state index in [1.807, 2.05) is 36.4 Å². The highest BCUT2D eigenvalue weighted by atomic mass is 79.9. The molecule has 0 fully saturated rings. The summed E-state index contributed by atoms with van der Waals surface area (Å²) in [5, 5.41) is 14.4. The first-order valence-corrected chi connectivity index (χ1v) is 8.10. The highest BCUT2D eigenvalue weighted by Crippen LogP contribution is 2.20. The average molecular weight is 370 g/mol. The van der Waals surface area contributed by atoms with Gasteiger partial charge in [0.05, 0.1) is 6.20 Å². The lowest BCUT2D eigenvalue weighted by Crippen LogP contribution is -2.02. The molecule has 0 aliphatic carbocycles. The van der Waals surface area contributed by atoms with Crippen molar-refractivity contribution in [1.29, 1.82) is 0 Å². The Balaban J connectivity index is 1.74. The second-order valence-electron chi connectivity index (χ2n) is 4.98. The van der Waals surface area contributed by atoms with Gasteiger partial charge in [0.1, 0.15) is 0 Å². The van der Waals surface area contributed by atoms with Crippen molar-refractivity contribution in [3.8, 4) is 0 Å². The van der Waals surface area contributed by atoms with Crippen LogP contribution >= 0.6 is 15.9 Å². The fourth-order valence-electron chi connectivity index (χ4n) is 2.08. The Labute approximate surface area is 143 Å². The molecular weight excluding hydrogens is 354 g/mol. The summed E-state index contributed by atoms with van der Waals surface area (Å²) in [7, 11) is 0. The van der Waals surface area contributed by atoms with Gasteiger partial charge in [0.25, 0.3) is 0 Å². The van der Waals surface area contributed by atoms with Crippen LogP contribution in [-0.4, -0.2) is 15.2 Å². The quantitative estimate of drug-likeness (QED) is 0.683. The van der Waals surface area contributed by atoms with Crippen molar-refractivity contribution in [3.63, 3.8) is 0 Å². The van der Waals surface area contributed by atoms with Crippen LogP contribution in [0.25, 0.3) is 0 Å². The van der Waals surface area contributed by atoms with E-state index in [1.165, 1.54) is 5.56 Å². The van der Waals surface area contributed by atoms with Gasteiger partial charge >= 0.3 is 0 Å². The summed E-state index contributed by atoms with van der Waals surface area (Å²) in [6, 6.07) is 16.0. The molecule has 23 heavy (non-hydrogen) atoms. The molecule has 0 radical (unpaired) electrons. The highest BCUT2D eigenvalue weighted by molar-refractivity contribution is 9.10. The molecule has 0 aliphatic heterocycles. The van der Waals surface area contributed by atoms with Gasteiger partial charge in [0.2, 0.25) is 5.95 Å². The van der Waals surface area contributed by atoms with E-state index in [4.69, 9.17) is 0 Å². The predicted octanol–water partition coefficient (Wildman–Crippen LogP) is 4.68. The summed E-state index contributed by atoms with van der Waals surface area (Å²) in [6.07, 6.45) is 2.61. The topological polar surface area (TPSA) is 62.7 Å². The molecule has 0 saturated carbocycles. The number of hydrogen-bond acceptors (Lipinski definition) is 5.